The van der Waals surface area contributed by atoms with Crippen molar-refractivity contribution in [3.63, 3.8) is 0 Å². The van der Waals surface area contributed by atoms with Gasteiger partial charge in [0.15, 0.2) is 0 Å². The first-order valence-electron chi connectivity index (χ1n) is 7.38. The zero-order chi connectivity index (χ0) is 15.6. The number of carbonyl (C=O) groups is 1. The fourth-order valence-electron chi connectivity index (χ4n) is 2.61. The van der Waals surface area contributed by atoms with Crippen LogP contribution in [0.4, 0.5) is 0 Å². The molecule has 1 aliphatic heterocycles. The summed E-state index contributed by atoms with van der Waals surface area (Å²) in [6.07, 6.45) is 3.80. The van der Waals surface area contributed by atoms with Crippen molar-refractivity contribution in [2.75, 3.05) is 18.8 Å². The Morgan fingerprint density at radius 3 is 2.96 bits per heavy atom. The van der Waals surface area contributed by atoms with E-state index in [1.165, 1.54) is 23.3 Å². The van der Waals surface area contributed by atoms with Gasteiger partial charge >= 0.3 is 0 Å². The lowest BCUT2D eigenvalue weighted by atomic mass is 10.3. The summed E-state index contributed by atoms with van der Waals surface area (Å²) in [6.45, 7) is 1.78. The first-order valence-corrected chi connectivity index (χ1v) is 10.0. The van der Waals surface area contributed by atoms with Gasteiger partial charge in [0, 0.05) is 13.1 Å². The maximum absolute atomic E-state index is 12.2. The highest BCUT2D eigenvalue weighted by molar-refractivity contribution is 8.00. The van der Waals surface area contributed by atoms with Gasteiger partial charge in [0.1, 0.15) is 27.3 Å². The molecule has 1 aliphatic rings. The third-order valence-corrected chi connectivity index (χ3v) is 6.59. The van der Waals surface area contributed by atoms with Crippen LogP contribution in [0, 0.1) is 0 Å². The molecular weight excluding hydrogens is 348 g/mol. The minimum absolute atomic E-state index is 0.197. The van der Waals surface area contributed by atoms with Gasteiger partial charge in [-0.15, -0.1) is 11.3 Å². The molecular formula is C15H14N4OS3. The van der Waals surface area contributed by atoms with Crippen LogP contribution in [0.1, 0.15) is 12.8 Å². The standard InChI is InChI=1S/C15H14N4OS3/c20-11(19-5-1-2-6-19)8-22-15-14-13(16-9-17-15)12(18-23-14)10-4-3-7-21-10/h3-4,7,9H,1-2,5-6,8H2. The predicted molar refractivity (Wildman–Crippen MR) is 95.1 cm³/mol. The van der Waals surface area contributed by atoms with E-state index in [4.69, 9.17) is 0 Å². The molecule has 4 rings (SSSR count). The van der Waals surface area contributed by atoms with Crippen LogP contribution in [0.15, 0.2) is 28.9 Å². The van der Waals surface area contributed by atoms with Crippen molar-refractivity contribution in [3.05, 3.63) is 23.8 Å². The Balaban J connectivity index is 1.57. The molecule has 0 radical (unpaired) electrons. The van der Waals surface area contributed by atoms with E-state index in [1.807, 2.05) is 22.4 Å². The lowest BCUT2D eigenvalue weighted by Crippen LogP contribution is -2.29. The average Bonchev–Trinajstić information content (AvgIpc) is 3.32. The van der Waals surface area contributed by atoms with Crippen LogP contribution in [0.25, 0.3) is 20.8 Å². The monoisotopic (exact) mass is 362 g/mol. The Morgan fingerprint density at radius 2 is 2.17 bits per heavy atom. The van der Waals surface area contributed by atoms with E-state index in [9.17, 15) is 4.79 Å². The lowest BCUT2D eigenvalue weighted by molar-refractivity contribution is -0.127. The van der Waals surface area contributed by atoms with Gasteiger partial charge in [0.2, 0.25) is 5.91 Å². The summed E-state index contributed by atoms with van der Waals surface area (Å²) in [5.74, 6) is 0.625. The van der Waals surface area contributed by atoms with E-state index in [1.54, 1.807) is 17.7 Å². The smallest absolute Gasteiger partial charge is 0.232 e. The topological polar surface area (TPSA) is 59.0 Å². The molecule has 0 N–H and O–H groups in total. The summed E-state index contributed by atoms with van der Waals surface area (Å²) >= 11 is 4.55. The highest BCUT2D eigenvalue weighted by Gasteiger charge is 2.20. The lowest BCUT2D eigenvalue weighted by Gasteiger charge is -2.14. The SMILES string of the molecule is O=C(CSc1ncnc2c(-c3cccs3)nsc12)N1CCCC1. The molecule has 0 saturated carbocycles. The van der Waals surface area contributed by atoms with Crippen molar-refractivity contribution in [2.24, 2.45) is 0 Å². The number of thiophene rings is 1. The van der Waals surface area contributed by atoms with Gasteiger partial charge in [-0.05, 0) is 35.8 Å². The Labute approximate surface area is 145 Å². The number of nitrogens with zero attached hydrogens (tertiary/aromatic N) is 4. The molecule has 0 aliphatic carbocycles. The van der Waals surface area contributed by atoms with Crippen molar-refractivity contribution in [2.45, 2.75) is 17.9 Å². The summed E-state index contributed by atoms with van der Waals surface area (Å²) in [5.41, 5.74) is 1.79. The molecule has 5 nitrogen and oxygen atoms in total. The first-order chi connectivity index (χ1) is 11.3. The third kappa shape index (κ3) is 2.98. The molecule has 8 heteroatoms. The second-order valence-corrected chi connectivity index (χ2v) is 7.93. The first kappa shape index (κ1) is 15.0. The molecule has 0 spiro atoms. The molecule has 1 saturated heterocycles. The van der Waals surface area contributed by atoms with Gasteiger partial charge in [-0.2, -0.15) is 4.37 Å². The predicted octanol–water partition coefficient (Wildman–Crippen LogP) is 3.53. The number of hydrogen-bond donors (Lipinski definition) is 0. The summed E-state index contributed by atoms with van der Waals surface area (Å²) in [5, 5.41) is 2.88. The molecule has 3 aromatic heterocycles. The van der Waals surface area contributed by atoms with Gasteiger partial charge in [-0.3, -0.25) is 4.79 Å². The molecule has 3 aromatic rings. The molecule has 23 heavy (non-hydrogen) atoms. The van der Waals surface area contributed by atoms with Crippen LogP contribution in [-0.4, -0.2) is 44.0 Å². The second-order valence-electron chi connectivity index (χ2n) is 5.24. The minimum Gasteiger partial charge on any atom is -0.342 e. The van der Waals surface area contributed by atoms with Crippen molar-refractivity contribution in [3.8, 4) is 10.6 Å². The van der Waals surface area contributed by atoms with Gasteiger partial charge in [0.25, 0.3) is 0 Å². The number of fused-ring (bicyclic) bond motifs is 1. The van der Waals surface area contributed by atoms with Crippen molar-refractivity contribution < 1.29 is 4.79 Å². The number of amides is 1. The summed E-state index contributed by atoms with van der Waals surface area (Å²) in [4.78, 5) is 24.0. The second kappa shape index (κ2) is 6.54. The van der Waals surface area contributed by atoms with Gasteiger partial charge < -0.3 is 4.90 Å². The van der Waals surface area contributed by atoms with E-state index < -0.39 is 0 Å². The maximum atomic E-state index is 12.2. The van der Waals surface area contributed by atoms with Crippen LogP contribution >= 0.6 is 34.6 Å². The molecule has 1 fully saturated rings. The number of rotatable bonds is 4. The highest BCUT2D eigenvalue weighted by atomic mass is 32.2. The number of thioether (sulfide) groups is 1. The van der Waals surface area contributed by atoms with Crippen LogP contribution < -0.4 is 0 Å². The fourth-order valence-corrected chi connectivity index (χ4v) is 5.20. The van der Waals surface area contributed by atoms with Crippen LogP contribution in [0.2, 0.25) is 0 Å². The molecule has 118 valence electrons. The molecule has 0 bridgehead atoms. The molecule has 0 aromatic carbocycles. The molecule has 1 amide bonds. The van der Waals surface area contributed by atoms with Gasteiger partial charge in [-0.25, -0.2) is 9.97 Å². The zero-order valence-electron chi connectivity index (χ0n) is 12.3. The van der Waals surface area contributed by atoms with Crippen molar-refractivity contribution in [1.29, 1.82) is 0 Å². The van der Waals surface area contributed by atoms with E-state index in [0.717, 1.165) is 51.7 Å². The quantitative estimate of drug-likeness (QED) is 0.525. The number of carbonyl (C=O) groups excluding carboxylic acids is 1. The highest BCUT2D eigenvalue weighted by Crippen LogP contribution is 2.36. The Morgan fingerprint density at radius 1 is 1.30 bits per heavy atom. The molecule has 0 unspecified atom stereocenters. The summed E-state index contributed by atoms with van der Waals surface area (Å²) in [6, 6.07) is 4.06. The van der Waals surface area contributed by atoms with Crippen LogP contribution in [-0.2, 0) is 4.79 Å². The van der Waals surface area contributed by atoms with E-state index in [2.05, 4.69) is 14.3 Å². The fraction of sp³-hybridized carbons (Fsp3) is 0.333. The largest absolute Gasteiger partial charge is 0.342 e. The number of aromatic nitrogens is 3. The number of hydrogen-bond acceptors (Lipinski definition) is 7. The molecule has 4 heterocycles. The van der Waals surface area contributed by atoms with Crippen molar-refractivity contribution >= 4 is 50.8 Å². The molecule has 0 atom stereocenters. The third-order valence-electron chi connectivity index (χ3n) is 3.77. The Hall–Kier alpha value is -1.51. The van der Waals surface area contributed by atoms with Crippen molar-refractivity contribution in [1.82, 2.24) is 19.2 Å². The van der Waals surface area contributed by atoms with Gasteiger partial charge in [0.05, 0.1) is 10.6 Å². The normalized spacial score (nSPS) is 14.7. The summed E-state index contributed by atoms with van der Waals surface area (Å²) < 4.78 is 5.51. The Kier molecular flexibility index (Phi) is 4.28. The Bertz CT molecular complexity index is 824. The zero-order valence-corrected chi connectivity index (χ0v) is 14.7. The van der Waals surface area contributed by atoms with E-state index >= 15 is 0 Å². The van der Waals surface area contributed by atoms with E-state index in [0.29, 0.717) is 5.75 Å². The van der Waals surface area contributed by atoms with Crippen LogP contribution in [0.3, 0.4) is 0 Å². The summed E-state index contributed by atoms with van der Waals surface area (Å²) in [7, 11) is 0. The maximum Gasteiger partial charge on any atom is 0.232 e. The minimum atomic E-state index is 0.197. The van der Waals surface area contributed by atoms with Crippen LogP contribution in [0.5, 0.6) is 0 Å². The van der Waals surface area contributed by atoms with Gasteiger partial charge in [-0.1, -0.05) is 17.8 Å². The average molecular weight is 363 g/mol. The van der Waals surface area contributed by atoms with E-state index in [-0.39, 0.29) is 5.91 Å². The number of likely N-dealkylation sites (tertiary alicyclic amines) is 1.